The lowest BCUT2D eigenvalue weighted by molar-refractivity contribution is -0.139. The average molecular weight is 318 g/mol. The average Bonchev–Trinajstić information content (AvgIpc) is 2.42. The summed E-state index contributed by atoms with van der Waals surface area (Å²) < 4.78 is 51.9. The summed E-state index contributed by atoms with van der Waals surface area (Å²) in [4.78, 5) is 4.28. The van der Waals surface area contributed by atoms with E-state index in [1.807, 2.05) is 4.90 Å². The molecule has 0 N–H and O–H groups in total. The summed E-state index contributed by atoms with van der Waals surface area (Å²) in [7, 11) is 0. The van der Waals surface area contributed by atoms with Crippen molar-refractivity contribution in [3.63, 3.8) is 0 Å². The van der Waals surface area contributed by atoms with Gasteiger partial charge in [-0.2, -0.15) is 13.2 Å². The molecule has 6 heteroatoms. The molecule has 124 valence electrons. The van der Waals surface area contributed by atoms with E-state index in [2.05, 4.69) is 25.7 Å². The number of hydrogen-bond donors (Lipinski definition) is 0. The normalized spacial score (nSPS) is 23.9. The molecule has 1 aliphatic heterocycles. The fraction of sp³-hybridized carbons (Fsp3) is 0.625. The van der Waals surface area contributed by atoms with Crippen molar-refractivity contribution in [3.8, 4) is 0 Å². The third-order valence-electron chi connectivity index (χ3n) is 4.20. The number of rotatable bonds is 3. The molecule has 1 aliphatic rings. The van der Waals surface area contributed by atoms with E-state index in [1.54, 1.807) is 0 Å². The molecule has 2 nitrogen and oxygen atoms in total. The Hall–Kier alpha value is -1.30. The first kappa shape index (κ1) is 17.1. The van der Waals surface area contributed by atoms with Crippen LogP contribution in [0.5, 0.6) is 0 Å². The van der Waals surface area contributed by atoms with Crippen molar-refractivity contribution in [1.29, 1.82) is 0 Å². The zero-order valence-electron chi connectivity index (χ0n) is 13.1. The highest BCUT2D eigenvalue weighted by molar-refractivity contribution is 5.50. The minimum Gasteiger partial charge on any atom is -0.368 e. The number of anilines is 1. The van der Waals surface area contributed by atoms with Gasteiger partial charge in [0.2, 0.25) is 0 Å². The molecule has 1 aromatic carbocycles. The van der Waals surface area contributed by atoms with Crippen molar-refractivity contribution >= 4 is 5.69 Å². The topological polar surface area (TPSA) is 6.48 Å². The van der Waals surface area contributed by atoms with Crippen LogP contribution in [0.3, 0.4) is 0 Å². The molecule has 0 bridgehead atoms. The molecule has 0 amide bonds. The molecule has 0 spiro atoms. The molecule has 1 aromatic rings. The van der Waals surface area contributed by atoms with Gasteiger partial charge in [-0.3, -0.25) is 4.90 Å². The SMILES string of the molecule is CCCN1C(C)CN(c2ccc(F)c(C(F)(F)F)c2)CC1C. The minimum absolute atomic E-state index is 0.253. The van der Waals surface area contributed by atoms with Crippen LogP contribution in [0.25, 0.3) is 0 Å². The van der Waals surface area contributed by atoms with Gasteiger partial charge in [-0.15, -0.1) is 0 Å². The predicted octanol–water partition coefficient (Wildman–Crippen LogP) is 4.15. The number of alkyl halides is 3. The first-order chi connectivity index (χ1) is 10.2. The third-order valence-corrected chi connectivity index (χ3v) is 4.20. The molecule has 2 atom stereocenters. The van der Waals surface area contributed by atoms with Gasteiger partial charge < -0.3 is 4.90 Å². The molecule has 1 heterocycles. The van der Waals surface area contributed by atoms with E-state index in [-0.39, 0.29) is 12.1 Å². The molecular formula is C16H22F4N2. The summed E-state index contributed by atoms with van der Waals surface area (Å²) in [5.74, 6) is -1.22. The fourth-order valence-corrected chi connectivity index (χ4v) is 3.19. The van der Waals surface area contributed by atoms with Crippen molar-refractivity contribution in [2.45, 2.75) is 45.5 Å². The molecule has 2 unspecified atom stereocenters. The zero-order valence-corrected chi connectivity index (χ0v) is 13.1. The fourth-order valence-electron chi connectivity index (χ4n) is 3.19. The Balaban J connectivity index is 2.23. The van der Waals surface area contributed by atoms with Gasteiger partial charge >= 0.3 is 6.18 Å². The van der Waals surface area contributed by atoms with E-state index in [0.717, 1.165) is 25.1 Å². The van der Waals surface area contributed by atoms with Crippen molar-refractivity contribution in [2.75, 3.05) is 24.5 Å². The number of halogens is 4. The maximum Gasteiger partial charge on any atom is 0.419 e. The van der Waals surface area contributed by atoms with Crippen LogP contribution in [0.15, 0.2) is 18.2 Å². The van der Waals surface area contributed by atoms with Crippen LogP contribution in [-0.2, 0) is 6.18 Å². The second-order valence-electron chi connectivity index (χ2n) is 6.00. The standard InChI is InChI=1S/C16H22F4N2/c1-4-7-22-11(2)9-21(10-12(22)3)13-5-6-15(17)14(8-13)16(18,19)20/h5-6,8,11-12H,4,7,9-10H2,1-3H3. The lowest BCUT2D eigenvalue weighted by Gasteiger charge is -2.45. The lowest BCUT2D eigenvalue weighted by Crippen LogP contribution is -2.56. The van der Waals surface area contributed by atoms with E-state index in [4.69, 9.17) is 0 Å². The summed E-state index contributed by atoms with van der Waals surface area (Å²) in [6.45, 7) is 8.54. The number of nitrogens with zero attached hydrogens (tertiary/aromatic N) is 2. The maximum absolute atomic E-state index is 13.4. The van der Waals surface area contributed by atoms with Crippen molar-refractivity contribution in [3.05, 3.63) is 29.6 Å². The largest absolute Gasteiger partial charge is 0.419 e. The van der Waals surface area contributed by atoms with Crippen molar-refractivity contribution < 1.29 is 17.6 Å². The second-order valence-corrected chi connectivity index (χ2v) is 6.00. The van der Waals surface area contributed by atoms with E-state index >= 15 is 0 Å². The molecular weight excluding hydrogens is 296 g/mol. The Labute approximate surface area is 128 Å². The molecule has 1 saturated heterocycles. The Morgan fingerprint density at radius 1 is 1.14 bits per heavy atom. The minimum atomic E-state index is -4.67. The molecule has 2 rings (SSSR count). The highest BCUT2D eigenvalue weighted by Crippen LogP contribution is 2.34. The predicted molar refractivity (Wildman–Crippen MR) is 79.5 cm³/mol. The summed E-state index contributed by atoms with van der Waals surface area (Å²) in [6.07, 6.45) is -3.62. The first-order valence-corrected chi connectivity index (χ1v) is 7.61. The monoisotopic (exact) mass is 318 g/mol. The summed E-state index contributed by atoms with van der Waals surface area (Å²) in [5, 5.41) is 0. The van der Waals surface area contributed by atoms with Gasteiger partial charge in [0, 0.05) is 30.9 Å². The van der Waals surface area contributed by atoms with Crippen LogP contribution in [0.2, 0.25) is 0 Å². The van der Waals surface area contributed by atoms with Gasteiger partial charge in [-0.25, -0.2) is 4.39 Å². The summed E-state index contributed by atoms with van der Waals surface area (Å²) in [5.41, 5.74) is -0.759. The lowest BCUT2D eigenvalue weighted by atomic mass is 10.1. The number of hydrogen-bond acceptors (Lipinski definition) is 2. The second kappa shape index (κ2) is 6.44. The smallest absolute Gasteiger partial charge is 0.368 e. The van der Waals surface area contributed by atoms with E-state index in [9.17, 15) is 17.6 Å². The summed E-state index contributed by atoms with van der Waals surface area (Å²) >= 11 is 0. The van der Waals surface area contributed by atoms with E-state index in [0.29, 0.717) is 18.8 Å². The Bertz CT molecular complexity index is 503. The molecule has 0 radical (unpaired) electrons. The number of benzene rings is 1. The van der Waals surface area contributed by atoms with Gasteiger partial charge in [0.05, 0.1) is 5.56 Å². The highest BCUT2D eigenvalue weighted by Gasteiger charge is 2.35. The number of piperazine rings is 1. The van der Waals surface area contributed by atoms with Crippen LogP contribution >= 0.6 is 0 Å². The van der Waals surface area contributed by atoms with Crippen molar-refractivity contribution in [1.82, 2.24) is 4.90 Å². The molecule has 0 aromatic heterocycles. The quantitative estimate of drug-likeness (QED) is 0.772. The van der Waals surface area contributed by atoms with E-state index in [1.165, 1.54) is 6.07 Å². The molecule has 0 saturated carbocycles. The van der Waals surface area contributed by atoms with Gasteiger partial charge in [-0.1, -0.05) is 6.92 Å². The maximum atomic E-state index is 13.4. The van der Waals surface area contributed by atoms with Crippen LogP contribution < -0.4 is 4.90 Å². The van der Waals surface area contributed by atoms with Crippen LogP contribution in [0.1, 0.15) is 32.8 Å². The van der Waals surface area contributed by atoms with Crippen LogP contribution in [0.4, 0.5) is 23.2 Å². The van der Waals surface area contributed by atoms with Gasteiger partial charge in [0.25, 0.3) is 0 Å². The summed E-state index contributed by atoms with van der Waals surface area (Å²) in [6, 6.07) is 3.77. The molecule has 0 aliphatic carbocycles. The van der Waals surface area contributed by atoms with Gasteiger partial charge in [-0.05, 0) is 45.0 Å². The Morgan fingerprint density at radius 2 is 1.73 bits per heavy atom. The third kappa shape index (κ3) is 3.54. The Morgan fingerprint density at radius 3 is 2.23 bits per heavy atom. The highest BCUT2D eigenvalue weighted by atomic mass is 19.4. The van der Waals surface area contributed by atoms with Crippen LogP contribution in [0, 0.1) is 5.82 Å². The molecule has 22 heavy (non-hydrogen) atoms. The zero-order chi connectivity index (χ0) is 16.5. The van der Waals surface area contributed by atoms with E-state index < -0.39 is 17.6 Å². The van der Waals surface area contributed by atoms with Crippen molar-refractivity contribution in [2.24, 2.45) is 0 Å². The van der Waals surface area contributed by atoms with Gasteiger partial charge in [0.15, 0.2) is 0 Å². The molecule has 1 fully saturated rings. The van der Waals surface area contributed by atoms with Gasteiger partial charge in [0.1, 0.15) is 5.82 Å². The first-order valence-electron chi connectivity index (χ1n) is 7.61. The Kier molecular flexibility index (Phi) is 5.00. The van der Waals surface area contributed by atoms with Crippen LogP contribution in [-0.4, -0.2) is 36.6 Å².